The zero-order valence-electron chi connectivity index (χ0n) is 7.91. The van der Waals surface area contributed by atoms with Crippen LogP contribution >= 0.6 is 0 Å². The Morgan fingerprint density at radius 1 is 1.47 bits per heavy atom. The van der Waals surface area contributed by atoms with Gasteiger partial charge in [0.15, 0.2) is 5.78 Å². The average Bonchev–Trinajstić information content (AvgIpc) is 2.26. The van der Waals surface area contributed by atoms with Crippen LogP contribution < -0.4 is 0 Å². The molecule has 1 rings (SSSR count). The van der Waals surface area contributed by atoms with E-state index in [2.05, 4.69) is 0 Å². The van der Waals surface area contributed by atoms with Gasteiger partial charge in [0.25, 0.3) is 6.43 Å². The van der Waals surface area contributed by atoms with Gasteiger partial charge in [0.1, 0.15) is 0 Å². The summed E-state index contributed by atoms with van der Waals surface area (Å²) in [5, 5.41) is 8.28. The summed E-state index contributed by atoms with van der Waals surface area (Å²) >= 11 is 0. The lowest BCUT2D eigenvalue weighted by molar-refractivity contribution is 0.0983. The smallest absolute Gasteiger partial charge is 0.263 e. The van der Waals surface area contributed by atoms with E-state index in [9.17, 15) is 13.6 Å². The average molecular weight is 209 g/mol. The molecule has 0 heterocycles. The molecule has 1 aromatic rings. The first kappa shape index (κ1) is 11.3. The minimum Gasteiger partial charge on any atom is -0.294 e. The number of hydrogen-bond acceptors (Lipinski definition) is 2. The molecular formula is C11H9F2NO. The largest absolute Gasteiger partial charge is 0.294 e. The lowest BCUT2D eigenvalue weighted by atomic mass is 10.0. The number of benzene rings is 1. The van der Waals surface area contributed by atoms with Gasteiger partial charge in [-0.2, -0.15) is 5.26 Å². The fourth-order valence-electron chi connectivity index (χ4n) is 1.16. The second-order valence-corrected chi connectivity index (χ2v) is 3.01. The minimum absolute atomic E-state index is 0.0726. The number of rotatable bonds is 4. The van der Waals surface area contributed by atoms with E-state index in [0.717, 1.165) is 0 Å². The molecule has 1 aromatic carbocycles. The summed E-state index contributed by atoms with van der Waals surface area (Å²) in [6.45, 7) is 0. The van der Waals surface area contributed by atoms with Crippen LogP contribution in [0.4, 0.5) is 8.78 Å². The Morgan fingerprint density at radius 3 is 2.80 bits per heavy atom. The highest BCUT2D eigenvalue weighted by atomic mass is 19.3. The maximum Gasteiger partial charge on any atom is 0.263 e. The quantitative estimate of drug-likeness (QED) is 0.715. The van der Waals surface area contributed by atoms with Crippen LogP contribution in [0, 0.1) is 11.3 Å². The van der Waals surface area contributed by atoms with Crippen molar-refractivity contribution in [2.24, 2.45) is 0 Å². The first-order valence-electron chi connectivity index (χ1n) is 4.43. The van der Waals surface area contributed by atoms with Gasteiger partial charge in [0.05, 0.1) is 6.07 Å². The van der Waals surface area contributed by atoms with Crippen molar-refractivity contribution in [3.8, 4) is 6.07 Å². The molecule has 15 heavy (non-hydrogen) atoms. The molecule has 0 spiro atoms. The highest BCUT2D eigenvalue weighted by molar-refractivity contribution is 5.96. The van der Waals surface area contributed by atoms with E-state index in [1.54, 1.807) is 0 Å². The van der Waals surface area contributed by atoms with E-state index in [-0.39, 0.29) is 29.8 Å². The summed E-state index contributed by atoms with van der Waals surface area (Å²) in [6.07, 6.45) is -2.39. The third-order valence-corrected chi connectivity index (χ3v) is 1.92. The highest BCUT2D eigenvalue weighted by Crippen LogP contribution is 2.20. The first-order chi connectivity index (χ1) is 7.15. The molecule has 0 atom stereocenters. The summed E-state index contributed by atoms with van der Waals surface area (Å²) in [5.74, 6) is -0.279. The van der Waals surface area contributed by atoms with Gasteiger partial charge >= 0.3 is 0 Å². The molecule has 0 aromatic heterocycles. The zero-order chi connectivity index (χ0) is 11.3. The molecule has 78 valence electrons. The van der Waals surface area contributed by atoms with E-state index in [1.165, 1.54) is 24.3 Å². The van der Waals surface area contributed by atoms with Crippen LogP contribution in [0.3, 0.4) is 0 Å². The summed E-state index contributed by atoms with van der Waals surface area (Å²) in [5.41, 5.74) is 0.0702. The van der Waals surface area contributed by atoms with Gasteiger partial charge in [-0.25, -0.2) is 8.78 Å². The van der Waals surface area contributed by atoms with E-state index < -0.39 is 6.43 Å². The van der Waals surface area contributed by atoms with Crippen molar-refractivity contribution in [3.05, 3.63) is 35.4 Å². The Bertz CT molecular complexity index is 396. The number of nitrogens with zero attached hydrogens (tertiary/aromatic N) is 1. The number of carbonyl (C=O) groups excluding carboxylic acids is 1. The Morgan fingerprint density at radius 2 is 2.20 bits per heavy atom. The Kier molecular flexibility index (Phi) is 3.92. The lowest BCUT2D eigenvalue weighted by Crippen LogP contribution is -1.99. The predicted molar refractivity (Wildman–Crippen MR) is 50.6 cm³/mol. The molecule has 0 aliphatic rings. The second-order valence-electron chi connectivity index (χ2n) is 3.01. The monoisotopic (exact) mass is 209 g/mol. The summed E-state index contributed by atoms with van der Waals surface area (Å²) in [4.78, 5) is 11.4. The number of hydrogen-bond donors (Lipinski definition) is 0. The van der Waals surface area contributed by atoms with Crippen LogP contribution in [0.15, 0.2) is 24.3 Å². The van der Waals surface area contributed by atoms with Crippen LogP contribution in [0.1, 0.15) is 35.2 Å². The fourth-order valence-corrected chi connectivity index (χ4v) is 1.16. The highest BCUT2D eigenvalue weighted by Gasteiger charge is 2.10. The van der Waals surface area contributed by atoms with Gasteiger partial charge in [-0.15, -0.1) is 0 Å². The number of Topliss-reactive ketones (excluding diaryl/α,β-unsaturated/α-hetero) is 1. The maximum atomic E-state index is 12.3. The van der Waals surface area contributed by atoms with Crippen molar-refractivity contribution in [2.45, 2.75) is 19.3 Å². The lowest BCUT2D eigenvalue weighted by Gasteiger charge is -2.02. The van der Waals surface area contributed by atoms with Crippen molar-refractivity contribution in [3.63, 3.8) is 0 Å². The molecule has 0 unspecified atom stereocenters. The van der Waals surface area contributed by atoms with Crippen LogP contribution in [0.5, 0.6) is 0 Å². The van der Waals surface area contributed by atoms with Crippen LogP contribution in [-0.2, 0) is 0 Å². The van der Waals surface area contributed by atoms with Gasteiger partial charge in [-0.1, -0.05) is 18.2 Å². The number of nitriles is 1. The van der Waals surface area contributed by atoms with E-state index in [4.69, 9.17) is 5.26 Å². The third kappa shape index (κ3) is 3.13. The number of halogens is 2. The number of ketones is 1. The van der Waals surface area contributed by atoms with Crippen LogP contribution in [-0.4, -0.2) is 5.78 Å². The zero-order valence-corrected chi connectivity index (χ0v) is 7.91. The summed E-state index contributed by atoms with van der Waals surface area (Å²) in [6, 6.07) is 7.17. The standard InChI is InChI=1S/C11H9F2NO/c12-11(13)9-4-1-3-8(7-9)10(15)5-2-6-14/h1,3-4,7,11H,2,5H2. The first-order valence-corrected chi connectivity index (χ1v) is 4.43. The van der Waals surface area contributed by atoms with Gasteiger partial charge in [0.2, 0.25) is 0 Å². The molecular weight excluding hydrogens is 200 g/mol. The molecule has 0 aliphatic carbocycles. The molecule has 0 N–H and O–H groups in total. The van der Waals surface area contributed by atoms with Crippen molar-refractivity contribution in [2.75, 3.05) is 0 Å². The third-order valence-electron chi connectivity index (χ3n) is 1.92. The summed E-state index contributed by atoms with van der Waals surface area (Å²) in [7, 11) is 0. The maximum absolute atomic E-state index is 12.3. The molecule has 0 aliphatic heterocycles. The van der Waals surface area contributed by atoms with Gasteiger partial charge in [-0.05, 0) is 6.07 Å². The van der Waals surface area contributed by atoms with E-state index in [1.807, 2.05) is 6.07 Å². The molecule has 0 amide bonds. The molecule has 0 fully saturated rings. The minimum atomic E-state index is -2.58. The predicted octanol–water partition coefficient (Wildman–Crippen LogP) is 3.11. The fraction of sp³-hybridized carbons (Fsp3) is 0.273. The van der Waals surface area contributed by atoms with E-state index in [0.29, 0.717) is 0 Å². The molecule has 0 saturated carbocycles. The van der Waals surface area contributed by atoms with Gasteiger partial charge in [0, 0.05) is 24.0 Å². The molecule has 0 radical (unpaired) electrons. The SMILES string of the molecule is N#CCCC(=O)c1cccc(C(F)F)c1. The van der Waals surface area contributed by atoms with Crippen molar-refractivity contribution in [1.29, 1.82) is 5.26 Å². The molecule has 4 heteroatoms. The number of carbonyl (C=O) groups is 1. The Hall–Kier alpha value is -1.76. The van der Waals surface area contributed by atoms with Crippen molar-refractivity contribution in [1.82, 2.24) is 0 Å². The van der Waals surface area contributed by atoms with E-state index >= 15 is 0 Å². The van der Waals surface area contributed by atoms with Crippen LogP contribution in [0.2, 0.25) is 0 Å². The second kappa shape index (κ2) is 5.20. The molecule has 0 saturated heterocycles. The van der Waals surface area contributed by atoms with Gasteiger partial charge in [-0.3, -0.25) is 4.79 Å². The van der Waals surface area contributed by atoms with Crippen molar-refractivity contribution >= 4 is 5.78 Å². The molecule has 2 nitrogen and oxygen atoms in total. The summed E-state index contributed by atoms with van der Waals surface area (Å²) < 4.78 is 24.6. The van der Waals surface area contributed by atoms with Crippen molar-refractivity contribution < 1.29 is 13.6 Å². The Balaban J connectivity index is 2.82. The Labute approximate surface area is 86.1 Å². The van der Waals surface area contributed by atoms with Gasteiger partial charge < -0.3 is 0 Å². The van der Waals surface area contributed by atoms with Crippen LogP contribution in [0.25, 0.3) is 0 Å². The topological polar surface area (TPSA) is 40.9 Å². The molecule has 0 bridgehead atoms. The number of alkyl halides is 2. The normalized spacial score (nSPS) is 10.0.